The second-order valence-electron chi connectivity index (χ2n) is 4.06. The van der Waals surface area contributed by atoms with E-state index in [4.69, 9.17) is 4.74 Å². The van der Waals surface area contributed by atoms with Gasteiger partial charge in [0, 0.05) is 9.37 Å². The van der Waals surface area contributed by atoms with E-state index in [1.165, 1.54) is 11.8 Å². The van der Waals surface area contributed by atoms with Crippen LogP contribution in [0.25, 0.3) is 0 Å². The summed E-state index contributed by atoms with van der Waals surface area (Å²) >= 11 is 4.63. The zero-order valence-corrected chi connectivity index (χ0v) is 13.3. The Balaban J connectivity index is 1.71. The van der Waals surface area contributed by atoms with E-state index in [0.717, 1.165) is 14.3 Å². The molecule has 1 aromatic rings. The number of benzene rings is 1. The van der Waals surface area contributed by atoms with Crippen LogP contribution in [0.1, 0.15) is 0 Å². The van der Waals surface area contributed by atoms with Crippen molar-refractivity contribution in [3.8, 4) is 0 Å². The maximum Gasteiger partial charge on any atom is 0.416 e. The lowest BCUT2D eigenvalue weighted by Gasteiger charge is -2.10. The molecular formula is C13H12BrNO5S. The van der Waals surface area contributed by atoms with Crippen molar-refractivity contribution >= 4 is 45.7 Å². The van der Waals surface area contributed by atoms with Crippen molar-refractivity contribution in [1.82, 2.24) is 4.90 Å². The van der Waals surface area contributed by atoms with Gasteiger partial charge in [-0.3, -0.25) is 9.59 Å². The van der Waals surface area contributed by atoms with Crippen molar-refractivity contribution in [2.24, 2.45) is 0 Å². The second kappa shape index (κ2) is 7.46. The van der Waals surface area contributed by atoms with Gasteiger partial charge in [0.1, 0.15) is 6.61 Å². The Bertz CT molecular complexity index is 548. The number of cyclic esters (lactones) is 1. The Labute approximate surface area is 133 Å². The number of carbonyl (C=O) groups is 3. The van der Waals surface area contributed by atoms with Crippen LogP contribution < -0.4 is 0 Å². The Morgan fingerprint density at radius 2 is 2.05 bits per heavy atom. The van der Waals surface area contributed by atoms with Gasteiger partial charge in [0.2, 0.25) is 0 Å². The molecule has 112 valence electrons. The summed E-state index contributed by atoms with van der Waals surface area (Å²) < 4.78 is 10.4. The smallest absolute Gasteiger partial charge is 0.416 e. The number of esters is 1. The highest BCUT2D eigenvalue weighted by atomic mass is 79.9. The predicted molar refractivity (Wildman–Crippen MR) is 78.9 cm³/mol. The lowest BCUT2D eigenvalue weighted by Crippen LogP contribution is -2.35. The molecule has 2 amide bonds. The first-order chi connectivity index (χ1) is 10.1. The molecule has 0 N–H and O–H groups in total. The summed E-state index contributed by atoms with van der Waals surface area (Å²) in [5.74, 6) is -0.984. The number of halogens is 1. The van der Waals surface area contributed by atoms with Crippen LogP contribution >= 0.6 is 27.7 Å². The minimum Gasteiger partial charge on any atom is -0.455 e. The molecule has 0 saturated carbocycles. The minimum absolute atomic E-state index is 0.0966. The first kappa shape index (κ1) is 15.8. The molecule has 21 heavy (non-hydrogen) atoms. The van der Waals surface area contributed by atoms with Gasteiger partial charge in [-0.05, 0) is 24.3 Å². The van der Waals surface area contributed by atoms with Crippen LogP contribution in [-0.2, 0) is 19.1 Å². The van der Waals surface area contributed by atoms with E-state index in [0.29, 0.717) is 0 Å². The number of thioether (sulfide) groups is 1. The SMILES string of the molecule is O=C(CSc1ccc(Br)cc1)OCC(=O)N1CCOC1=O. The van der Waals surface area contributed by atoms with Crippen LogP contribution in [0.4, 0.5) is 4.79 Å². The highest BCUT2D eigenvalue weighted by Crippen LogP contribution is 2.20. The standard InChI is InChI=1S/C13H12BrNO5S/c14-9-1-3-10(4-2-9)21-8-12(17)20-7-11(16)15-5-6-19-13(15)18/h1-4H,5-8H2. The van der Waals surface area contributed by atoms with Crippen LogP contribution in [0, 0.1) is 0 Å². The minimum atomic E-state index is -0.694. The average molecular weight is 374 g/mol. The molecule has 1 saturated heterocycles. The predicted octanol–water partition coefficient (Wildman–Crippen LogP) is 2.06. The molecule has 0 radical (unpaired) electrons. The second-order valence-corrected chi connectivity index (χ2v) is 6.03. The quantitative estimate of drug-likeness (QED) is 0.580. The van der Waals surface area contributed by atoms with Crippen molar-refractivity contribution in [2.45, 2.75) is 4.90 Å². The van der Waals surface area contributed by atoms with E-state index in [2.05, 4.69) is 20.7 Å². The summed E-state index contributed by atoms with van der Waals surface area (Å²) in [6.45, 7) is -0.0738. The van der Waals surface area contributed by atoms with Gasteiger partial charge in [0.15, 0.2) is 6.61 Å². The Morgan fingerprint density at radius 3 is 2.67 bits per heavy atom. The molecule has 0 atom stereocenters. The molecular weight excluding hydrogens is 362 g/mol. The Morgan fingerprint density at radius 1 is 1.33 bits per heavy atom. The average Bonchev–Trinajstić information content (AvgIpc) is 2.90. The lowest BCUT2D eigenvalue weighted by atomic mass is 10.4. The van der Waals surface area contributed by atoms with Crippen LogP contribution in [0.2, 0.25) is 0 Å². The van der Waals surface area contributed by atoms with E-state index in [9.17, 15) is 14.4 Å². The zero-order chi connectivity index (χ0) is 15.2. The van der Waals surface area contributed by atoms with Crippen molar-refractivity contribution in [3.63, 3.8) is 0 Å². The number of hydrogen-bond acceptors (Lipinski definition) is 6. The molecule has 1 aromatic carbocycles. The molecule has 1 aliphatic rings. The molecule has 0 aromatic heterocycles. The summed E-state index contributed by atoms with van der Waals surface area (Å²) in [6.07, 6.45) is -0.694. The van der Waals surface area contributed by atoms with E-state index in [-0.39, 0.29) is 18.9 Å². The number of ether oxygens (including phenoxy) is 2. The number of amides is 2. The van der Waals surface area contributed by atoms with E-state index in [1.807, 2.05) is 24.3 Å². The fourth-order valence-corrected chi connectivity index (χ4v) is 2.52. The zero-order valence-electron chi connectivity index (χ0n) is 10.9. The Hall–Kier alpha value is -1.54. The van der Waals surface area contributed by atoms with Crippen LogP contribution in [-0.4, -0.2) is 48.4 Å². The topological polar surface area (TPSA) is 72.9 Å². The van der Waals surface area contributed by atoms with Crippen molar-refractivity contribution in [3.05, 3.63) is 28.7 Å². The first-order valence-electron chi connectivity index (χ1n) is 6.07. The highest BCUT2D eigenvalue weighted by Gasteiger charge is 2.28. The third-order valence-corrected chi connectivity index (χ3v) is 4.10. The van der Waals surface area contributed by atoms with Crippen molar-refractivity contribution < 1.29 is 23.9 Å². The lowest BCUT2D eigenvalue weighted by molar-refractivity contribution is -0.148. The molecule has 6 nitrogen and oxygen atoms in total. The highest BCUT2D eigenvalue weighted by molar-refractivity contribution is 9.10. The molecule has 8 heteroatoms. The molecule has 0 spiro atoms. The summed E-state index contributed by atoms with van der Waals surface area (Å²) in [7, 11) is 0. The maximum absolute atomic E-state index is 11.6. The van der Waals surface area contributed by atoms with E-state index >= 15 is 0 Å². The third-order valence-electron chi connectivity index (χ3n) is 2.59. The number of imide groups is 1. The number of hydrogen-bond donors (Lipinski definition) is 0. The fourth-order valence-electron chi connectivity index (χ4n) is 1.55. The van der Waals surface area contributed by atoms with Crippen LogP contribution in [0.15, 0.2) is 33.6 Å². The van der Waals surface area contributed by atoms with Gasteiger partial charge in [-0.15, -0.1) is 11.8 Å². The fraction of sp³-hybridized carbons (Fsp3) is 0.308. The normalized spacial score (nSPS) is 14.0. The first-order valence-corrected chi connectivity index (χ1v) is 7.85. The summed E-state index contributed by atoms with van der Waals surface area (Å²) in [6, 6.07) is 7.48. The van der Waals surface area contributed by atoms with Crippen molar-refractivity contribution in [1.29, 1.82) is 0 Å². The molecule has 0 aliphatic carbocycles. The van der Waals surface area contributed by atoms with Gasteiger partial charge in [0.05, 0.1) is 12.3 Å². The summed E-state index contributed by atoms with van der Waals surface area (Å²) in [4.78, 5) is 36.1. The van der Waals surface area contributed by atoms with Crippen LogP contribution in [0.5, 0.6) is 0 Å². The molecule has 2 rings (SSSR count). The third kappa shape index (κ3) is 4.75. The van der Waals surface area contributed by atoms with Gasteiger partial charge >= 0.3 is 12.1 Å². The van der Waals surface area contributed by atoms with Crippen LogP contribution in [0.3, 0.4) is 0 Å². The molecule has 1 heterocycles. The van der Waals surface area contributed by atoms with Gasteiger partial charge in [-0.1, -0.05) is 15.9 Å². The summed E-state index contributed by atoms with van der Waals surface area (Å²) in [5.41, 5.74) is 0. The molecule has 0 unspecified atom stereocenters. The maximum atomic E-state index is 11.6. The number of carbonyl (C=O) groups excluding carboxylic acids is 3. The number of rotatable bonds is 5. The van der Waals surface area contributed by atoms with Gasteiger partial charge in [-0.2, -0.15) is 0 Å². The molecule has 1 fully saturated rings. The Kier molecular flexibility index (Phi) is 5.63. The van der Waals surface area contributed by atoms with E-state index < -0.39 is 24.6 Å². The van der Waals surface area contributed by atoms with Crippen molar-refractivity contribution in [2.75, 3.05) is 25.5 Å². The molecule has 0 bridgehead atoms. The largest absolute Gasteiger partial charge is 0.455 e. The molecule has 1 aliphatic heterocycles. The van der Waals surface area contributed by atoms with Gasteiger partial charge in [0.25, 0.3) is 5.91 Å². The van der Waals surface area contributed by atoms with Gasteiger partial charge in [-0.25, -0.2) is 9.69 Å². The number of nitrogens with zero attached hydrogens (tertiary/aromatic N) is 1. The van der Waals surface area contributed by atoms with Gasteiger partial charge < -0.3 is 9.47 Å². The monoisotopic (exact) mass is 373 g/mol. The summed E-state index contributed by atoms with van der Waals surface area (Å²) in [5, 5.41) is 0. The van der Waals surface area contributed by atoms with E-state index in [1.54, 1.807) is 0 Å².